The summed E-state index contributed by atoms with van der Waals surface area (Å²) in [5, 5.41) is 3.09. The fraction of sp³-hybridized carbons (Fsp3) is 0.733. The van der Waals surface area contributed by atoms with Gasteiger partial charge in [-0.1, -0.05) is 26.2 Å². The molecule has 2 rings (SSSR count). The second-order valence-electron chi connectivity index (χ2n) is 5.65. The summed E-state index contributed by atoms with van der Waals surface area (Å²) in [4.78, 5) is 24.3. The van der Waals surface area contributed by atoms with Gasteiger partial charge in [-0.05, 0) is 33.1 Å². The number of hydrogen-bond acceptors (Lipinski definition) is 3. The Morgan fingerprint density at radius 3 is 2.50 bits per heavy atom. The van der Waals surface area contributed by atoms with E-state index < -0.39 is 11.8 Å². The van der Waals surface area contributed by atoms with Gasteiger partial charge in [-0.15, -0.1) is 0 Å². The summed E-state index contributed by atoms with van der Waals surface area (Å²) in [6, 6.07) is -0.212. The minimum atomic E-state index is -0.470. The molecule has 0 radical (unpaired) electrons. The SMILES string of the molecule is CCC(C(=O)NC1CCCCC1)n1c(C)c(C)oc1=O. The van der Waals surface area contributed by atoms with E-state index in [4.69, 9.17) is 4.42 Å². The lowest BCUT2D eigenvalue weighted by Crippen LogP contribution is -2.42. The maximum absolute atomic E-state index is 12.4. The molecule has 0 spiro atoms. The molecule has 1 heterocycles. The van der Waals surface area contributed by atoms with Gasteiger partial charge in [0, 0.05) is 6.04 Å². The van der Waals surface area contributed by atoms with Gasteiger partial charge in [0.1, 0.15) is 11.8 Å². The first kappa shape index (κ1) is 14.9. The third kappa shape index (κ3) is 2.97. The van der Waals surface area contributed by atoms with E-state index >= 15 is 0 Å². The van der Waals surface area contributed by atoms with Gasteiger partial charge in [-0.25, -0.2) is 4.79 Å². The van der Waals surface area contributed by atoms with Crippen LogP contribution in [0, 0.1) is 13.8 Å². The molecule has 20 heavy (non-hydrogen) atoms. The molecule has 1 aliphatic rings. The van der Waals surface area contributed by atoms with Crippen molar-refractivity contribution in [2.45, 2.75) is 71.4 Å². The summed E-state index contributed by atoms with van der Waals surface area (Å²) in [7, 11) is 0. The van der Waals surface area contributed by atoms with Gasteiger partial charge in [0.25, 0.3) is 0 Å². The monoisotopic (exact) mass is 280 g/mol. The van der Waals surface area contributed by atoms with E-state index in [2.05, 4.69) is 5.32 Å². The molecule has 0 aromatic carbocycles. The molecule has 5 nitrogen and oxygen atoms in total. The molecule has 1 aliphatic carbocycles. The Morgan fingerprint density at radius 2 is 2.00 bits per heavy atom. The van der Waals surface area contributed by atoms with Crippen LogP contribution in [0.2, 0.25) is 0 Å². The van der Waals surface area contributed by atoms with Crippen LogP contribution in [0.4, 0.5) is 0 Å². The number of nitrogens with zero attached hydrogens (tertiary/aromatic N) is 1. The minimum Gasteiger partial charge on any atom is -0.413 e. The molecule has 1 aromatic heterocycles. The molecular weight excluding hydrogens is 256 g/mol. The Hall–Kier alpha value is -1.52. The number of oxazole rings is 1. The van der Waals surface area contributed by atoms with Gasteiger partial charge in [0.05, 0.1) is 5.69 Å². The van der Waals surface area contributed by atoms with Crippen molar-refractivity contribution >= 4 is 5.91 Å². The van der Waals surface area contributed by atoms with E-state index in [1.807, 2.05) is 13.8 Å². The molecule has 0 saturated heterocycles. The van der Waals surface area contributed by atoms with Crippen LogP contribution in [0.15, 0.2) is 9.21 Å². The molecule has 1 saturated carbocycles. The van der Waals surface area contributed by atoms with Crippen LogP contribution in [0.5, 0.6) is 0 Å². The number of rotatable bonds is 4. The second kappa shape index (κ2) is 6.29. The third-order valence-electron chi connectivity index (χ3n) is 4.26. The van der Waals surface area contributed by atoms with Gasteiger partial charge in [-0.2, -0.15) is 0 Å². The largest absolute Gasteiger partial charge is 0.420 e. The van der Waals surface area contributed by atoms with Crippen molar-refractivity contribution in [1.82, 2.24) is 9.88 Å². The lowest BCUT2D eigenvalue weighted by Gasteiger charge is -2.25. The molecule has 0 bridgehead atoms. The molecule has 1 atom stereocenters. The first-order chi connectivity index (χ1) is 9.54. The Bertz CT molecular complexity index is 524. The number of nitrogens with one attached hydrogen (secondary N) is 1. The highest BCUT2D eigenvalue weighted by Gasteiger charge is 2.26. The van der Waals surface area contributed by atoms with Crippen LogP contribution >= 0.6 is 0 Å². The number of carbonyl (C=O) groups excluding carboxylic acids is 1. The van der Waals surface area contributed by atoms with Crippen LogP contribution in [0.1, 0.15) is 62.9 Å². The molecule has 1 N–H and O–H groups in total. The number of carbonyl (C=O) groups is 1. The zero-order valence-electron chi connectivity index (χ0n) is 12.6. The summed E-state index contributed by atoms with van der Waals surface area (Å²) < 4.78 is 6.58. The highest BCUT2D eigenvalue weighted by atomic mass is 16.4. The normalized spacial score (nSPS) is 17.9. The summed E-state index contributed by atoms with van der Waals surface area (Å²) in [6.07, 6.45) is 6.26. The highest BCUT2D eigenvalue weighted by molar-refractivity contribution is 5.80. The number of hydrogen-bond donors (Lipinski definition) is 1. The summed E-state index contributed by atoms with van der Waals surface area (Å²) in [5.74, 6) is 0.0787. The molecule has 1 unspecified atom stereocenters. The van der Waals surface area contributed by atoms with E-state index in [1.54, 1.807) is 6.92 Å². The van der Waals surface area contributed by atoms with E-state index in [9.17, 15) is 9.59 Å². The Balaban J connectivity index is 2.14. The van der Waals surface area contributed by atoms with E-state index in [0.717, 1.165) is 18.5 Å². The molecule has 1 fully saturated rings. The second-order valence-corrected chi connectivity index (χ2v) is 5.65. The van der Waals surface area contributed by atoms with Crippen molar-refractivity contribution in [2.24, 2.45) is 0 Å². The lowest BCUT2D eigenvalue weighted by molar-refractivity contribution is -0.125. The summed E-state index contributed by atoms with van der Waals surface area (Å²) >= 11 is 0. The maximum atomic E-state index is 12.4. The van der Waals surface area contributed by atoms with Gasteiger partial charge < -0.3 is 9.73 Å². The minimum absolute atomic E-state index is 0.0644. The molecule has 5 heteroatoms. The maximum Gasteiger partial charge on any atom is 0.420 e. The molecular formula is C15H24N2O3. The van der Waals surface area contributed by atoms with Gasteiger partial charge in [0.2, 0.25) is 5.91 Å². The van der Waals surface area contributed by atoms with Crippen molar-refractivity contribution in [3.8, 4) is 0 Å². The first-order valence-corrected chi connectivity index (χ1v) is 7.53. The molecule has 112 valence electrons. The highest BCUT2D eigenvalue weighted by Crippen LogP contribution is 2.20. The van der Waals surface area contributed by atoms with Gasteiger partial charge in [-0.3, -0.25) is 9.36 Å². The van der Waals surface area contributed by atoms with E-state index in [0.29, 0.717) is 12.2 Å². The first-order valence-electron chi connectivity index (χ1n) is 7.53. The predicted molar refractivity (Wildman–Crippen MR) is 76.8 cm³/mol. The Morgan fingerprint density at radius 1 is 1.35 bits per heavy atom. The van der Waals surface area contributed by atoms with Crippen LogP contribution in [0.25, 0.3) is 0 Å². The van der Waals surface area contributed by atoms with E-state index in [1.165, 1.54) is 23.8 Å². The van der Waals surface area contributed by atoms with Crippen molar-refractivity contribution < 1.29 is 9.21 Å². The zero-order valence-corrected chi connectivity index (χ0v) is 12.6. The Kier molecular flexibility index (Phi) is 4.68. The van der Waals surface area contributed by atoms with Crippen LogP contribution in [0.3, 0.4) is 0 Å². The van der Waals surface area contributed by atoms with Crippen LogP contribution < -0.4 is 11.1 Å². The molecule has 1 aromatic rings. The average Bonchev–Trinajstić information content (AvgIpc) is 2.67. The fourth-order valence-corrected chi connectivity index (χ4v) is 2.95. The van der Waals surface area contributed by atoms with Crippen LogP contribution in [-0.2, 0) is 4.79 Å². The zero-order chi connectivity index (χ0) is 14.7. The number of amides is 1. The standard InChI is InChI=1S/C15H24N2O3/c1-4-13(17-10(2)11(3)20-15(17)19)14(18)16-12-8-6-5-7-9-12/h12-13H,4-9H2,1-3H3,(H,16,18). The van der Waals surface area contributed by atoms with Crippen molar-refractivity contribution in [3.63, 3.8) is 0 Å². The predicted octanol–water partition coefficient (Wildman–Crippen LogP) is 2.46. The summed E-state index contributed by atoms with van der Waals surface area (Å²) in [5.41, 5.74) is 0.737. The average molecular weight is 280 g/mol. The van der Waals surface area contributed by atoms with Crippen molar-refractivity contribution in [3.05, 3.63) is 22.0 Å². The van der Waals surface area contributed by atoms with E-state index in [-0.39, 0.29) is 11.9 Å². The van der Waals surface area contributed by atoms with Gasteiger partial charge >= 0.3 is 5.76 Å². The van der Waals surface area contributed by atoms with Crippen molar-refractivity contribution in [2.75, 3.05) is 0 Å². The summed E-state index contributed by atoms with van der Waals surface area (Å²) in [6.45, 7) is 5.48. The quantitative estimate of drug-likeness (QED) is 0.921. The fourth-order valence-electron chi connectivity index (χ4n) is 2.95. The smallest absolute Gasteiger partial charge is 0.413 e. The number of aryl methyl sites for hydroxylation is 1. The lowest BCUT2D eigenvalue weighted by atomic mass is 9.95. The molecule has 1 amide bonds. The Labute approximate surface area is 119 Å². The number of aromatic nitrogens is 1. The van der Waals surface area contributed by atoms with Crippen molar-refractivity contribution in [1.29, 1.82) is 0 Å². The van der Waals surface area contributed by atoms with Crippen LogP contribution in [-0.4, -0.2) is 16.5 Å². The van der Waals surface area contributed by atoms with Gasteiger partial charge in [0.15, 0.2) is 0 Å². The molecule has 0 aliphatic heterocycles. The topological polar surface area (TPSA) is 64.2 Å². The third-order valence-corrected chi connectivity index (χ3v) is 4.26.